The molecule has 40 heavy (non-hydrogen) atoms. The molecule has 2 fully saturated rings. The predicted octanol–water partition coefficient (Wildman–Crippen LogP) is 4.27. The zero-order valence-corrected chi connectivity index (χ0v) is 24.2. The first-order chi connectivity index (χ1) is 19.4. The number of aromatic nitrogens is 3. The number of imide groups is 1. The van der Waals surface area contributed by atoms with Gasteiger partial charge < -0.3 is 15.6 Å². The lowest BCUT2D eigenvalue weighted by atomic mass is 9.81. The third-order valence-electron chi connectivity index (χ3n) is 8.43. The van der Waals surface area contributed by atoms with Gasteiger partial charge in [0, 0.05) is 43.8 Å². The lowest BCUT2D eigenvalue weighted by molar-refractivity contribution is -0.139. The number of para-hydroxylation sites is 1. The van der Waals surface area contributed by atoms with Crippen molar-refractivity contribution >= 4 is 58.1 Å². The lowest BCUT2D eigenvalue weighted by Gasteiger charge is -2.30. The molecule has 1 aliphatic heterocycles. The Hall–Kier alpha value is -3.14. The number of nitrogen functional groups attached to an aromatic ring is 1. The van der Waals surface area contributed by atoms with E-state index in [1.807, 2.05) is 18.2 Å². The number of hydrogen-bond donors (Lipinski definition) is 3. The molecule has 0 spiro atoms. The lowest BCUT2D eigenvalue weighted by Crippen LogP contribution is -2.38. The molecule has 0 radical (unpaired) electrons. The van der Waals surface area contributed by atoms with E-state index in [4.69, 9.17) is 10.7 Å². The number of anilines is 1. The third kappa shape index (κ3) is 5.96. The van der Waals surface area contributed by atoms with Gasteiger partial charge in [-0.15, -0.1) is 0 Å². The minimum absolute atomic E-state index is 0.000984. The maximum Gasteiger partial charge on any atom is 0.242 e. The maximum absolute atomic E-state index is 12.8. The number of thiol groups is 1. The van der Waals surface area contributed by atoms with Crippen LogP contribution in [0.5, 0.6) is 0 Å². The molecule has 10 heteroatoms. The summed E-state index contributed by atoms with van der Waals surface area (Å²) < 4.78 is 2.31. The first kappa shape index (κ1) is 28.4. The Labute approximate surface area is 240 Å². The molecule has 3 aromatic rings. The normalized spacial score (nSPS) is 21.6. The highest BCUT2D eigenvalue weighted by molar-refractivity contribution is 7.81. The number of nitrogens with one attached hydrogen (secondary N) is 1. The van der Waals surface area contributed by atoms with Crippen molar-refractivity contribution in [1.29, 1.82) is 0 Å². The SMILES string of the molecule is CCCCc1nc2c(N)nc3ccccc3c2n1CCCCNC(=O)C1CCC(CN2C(=O)CC(S)C2=O)CC1. The van der Waals surface area contributed by atoms with Gasteiger partial charge in [0.15, 0.2) is 5.82 Å². The van der Waals surface area contributed by atoms with Gasteiger partial charge in [-0.2, -0.15) is 12.6 Å². The second-order valence-corrected chi connectivity index (χ2v) is 11.9. The first-order valence-electron chi connectivity index (χ1n) is 14.7. The Morgan fingerprint density at radius 2 is 1.88 bits per heavy atom. The van der Waals surface area contributed by atoms with Crippen molar-refractivity contribution in [1.82, 2.24) is 24.8 Å². The minimum atomic E-state index is -0.500. The standard InChI is InChI=1S/C30H40N6O3S/c1-2-3-10-24-34-26-27(21-8-4-5-9-22(21)33-28(26)31)35(24)16-7-6-15-32-29(38)20-13-11-19(12-14-20)18-36-25(37)17-23(40)30(36)39/h4-5,8-9,19-20,23,40H,2-3,6-7,10-18H2,1H3,(H2,31,33)(H,32,38). The van der Waals surface area contributed by atoms with E-state index in [2.05, 4.69) is 40.5 Å². The number of rotatable bonds is 11. The summed E-state index contributed by atoms with van der Waals surface area (Å²) in [6.07, 6.45) is 8.33. The van der Waals surface area contributed by atoms with Gasteiger partial charge in [0.1, 0.15) is 11.3 Å². The number of pyridine rings is 1. The molecule has 3 heterocycles. The average molecular weight is 565 g/mol. The molecule has 1 aromatic carbocycles. The van der Waals surface area contributed by atoms with Crippen LogP contribution in [0.1, 0.15) is 70.5 Å². The number of nitrogens with zero attached hydrogens (tertiary/aromatic N) is 4. The second-order valence-electron chi connectivity index (χ2n) is 11.3. The van der Waals surface area contributed by atoms with Gasteiger partial charge in [-0.05, 0) is 56.9 Å². The zero-order valence-electron chi connectivity index (χ0n) is 23.3. The van der Waals surface area contributed by atoms with Crippen molar-refractivity contribution < 1.29 is 14.4 Å². The number of carbonyl (C=O) groups excluding carboxylic acids is 3. The molecule has 1 atom stereocenters. The molecular weight excluding hydrogens is 524 g/mol. The fourth-order valence-corrected chi connectivity index (χ4v) is 6.44. The van der Waals surface area contributed by atoms with Crippen LogP contribution in [-0.4, -0.2) is 55.5 Å². The topological polar surface area (TPSA) is 123 Å². The van der Waals surface area contributed by atoms with Crippen molar-refractivity contribution in [3.8, 4) is 0 Å². The van der Waals surface area contributed by atoms with Crippen LogP contribution in [-0.2, 0) is 27.3 Å². The number of likely N-dealkylation sites (tertiary alicyclic amines) is 1. The summed E-state index contributed by atoms with van der Waals surface area (Å²) in [5, 5.41) is 3.71. The Kier molecular flexibility index (Phi) is 8.93. The van der Waals surface area contributed by atoms with E-state index in [1.165, 1.54) is 4.90 Å². The minimum Gasteiger partial charge on any atom is -0.382 e. The van der Waals surface area contributed by atoms with Crippen LogP contribution < -0.4 is 11.1 Å². The number of nitrogens with two attached hydrogens (primary N) is 1. The van der Waals surface area contributed by atoms with Crippen molar-refractivity contribution in [3.05, 3.63) is 30.1 Å². The largest absolute Gasteiger partial charge is 0.382 e. The molecule has 9 nitrogen and oxygen atoms in total. The summed E-state index contributed by atoms with van der Waals surface area (Å²) >= 11 is 4.21. The van der Waals surface area contributed by atoms with E-state index in [1.54, 1.807) is 0 Å². The summed E-state index contributed by atoms with van der Waals surface area (Å²) in [5.74, 6) is 1.59. The molecule has 1 unspecified atom stereocenters. The molecule has 2 aromatic heterocycles. The summed E-state index contributed by atoms with van der Waals surface area (Å²) in [7, 11) is 0. The summed E-state index contributed by atoms with van der Waals surface area (Å²) in [4.78, 5) is 47.9. The van der Waals surface area contributed by atoms with Crippen LogP contribution in [0.4, 0.5) is 5.82 Å². The molecule has 3 amide bonds. The van der Waals surface area contributed by atoms with Gasteiger partial charge in [-0.3, -0.25) is 19.3 Å². The van der Waals surface area contributed by atoms with Gasteiger partial charge >= 0.3 is 0 Å². The van der Waals surface area contributed by atoms with Crippen LogP contribution in [0.25, 0.3) is 21.9 Å². The summed E-state index contributed by atoms with van der Waals surface area (Å²) in [6.45, 7) is 4.09. The number of aryl methyl sites for hydroxylation is 2. The average Bonchev–Trinajstić information content (AvgIpc) is 3.44. The van der Waals surface area contributed by atoms with Crippen molar-refractivity contribution in [2.45, 2.75) is 82.9 Å². The van der Waals surface area contributed by atoms with E-state index in [0.717, 1.165) is 92.1 Å². The van der Waals surface area contributed by atoms with E-state index in [0.29, 0.717) is 18.9 Å². The fraction of sp³-hybridized carbons (Fsp3) is 0.567. The number of fused-ring (bicyclic) bond motifs is 3. The Morgan fingerprint density at radius 3 is 2.60 bits per heavy atom. The van der Waals surface area contributed by atoms with Gasteiger partial charge in [0.25, 0.3) is 0 Å². The quantitative estimate of drug-likeness (QED) is 0.182. The molecule has 5 rings (SSSR count). The second kappa shape index (κ2) is 12.6. The molecule has 1 aliphatic carbocycles. The van der Waals surface area contributed by atoms with Crippen LogP contribution >= 0.6 is 12.6 Å². The molecule has 1 saturated carbocycles. The Bertz CT molecular complexity index is 1400. The fourth-order valence-electron chi connectivity index (χ4n) is 6.15. The molecule has 1 saturated heterocycles. The van der Waals surface area contributed by atoms with Gasteiger partial charge in [0.05, 0.1) is 16.3 Å². The van der Waals surface area contributed by atoms with Crippen LogP contribution in [0.3, 0.4) is 0 Å². The van der Waals surface area contributed by atoms with Gasteiger partial charge in [0.2, 0.25) is 17.7 Å². The number of hydrogen-bond acceptors (Lipinski definition) is 7. The monoisotopic (exact) mass is 564 g/mol. The molecular formula is C30H40N6O3S. The van der Waals surface area contributed by atoms with Crippen LogP contribution in [0.15, 0.2) is 24.3 Å². The highest BCUT2D eigenvalue weighted by Crippen LogP contribution is 2.32. The molecule has 3 N–H and O–H groups in total. The number of benzene rings is 1. The summed E-state index contributed by atoms with van der Waals surface area (Å²) in [6, 6.07) is 8.06. The van der Waals surface area contributed by atoms with Crippen molar-refractivity contribution in [2.24, 2.45) is 11.8 Å². The van der Waals surface area contributed by atoms with E-state index in [-0.39, 0.29) is 36.0 Å². The first-order valence-corrected chi connectivity index (χ1v) is 15.2. The maximum atomic E-state index is 12.8. The van der Waals surface area contributed by atoms with E-state index in [9.17, 15) is 14.4 Å². The zero-order chi connectivity index (χ0) is 28.2. The van der Waals surface area contributed by atoms with Gasteiger partial charge in [-0.25, -0.2) is 9.97 Å². The van der Waals surface area contributed by atoms with Gasteiger partial charge in [-0.1, -0.05) is 31.5 Å². The van der Waals surface area contributed by atoms with Crippen LogP contribution in [0, 0.1) is 11.8 Å². The Morgan fingerprint density at radius 1 is 1.10 bits per heavy atom. The summed E-state index contributed by atoms with van der Waals surface area (Å²) in [5.41, 5.74) is 9.02. The van der Waals surface area contributed by atoms with Crippen molar-refractivity contribution in [3.63, 3.8) is 0 Å². The Balaban J connectivity index is 1.12. The van der Waals surface area contributed by atoms with E-state index >= 15 is 0 Å². The number of imidazole rings is 1. The number of carbonyl (C=O) groups is 3. The highest BCUT2D eigenvalue weighted by Gasteiger charge is 2.38. The molecule has 214 valence electrons. The molecule has 2 aliphatic rings. The number of amides is 3. The highest BCUT2D eigenvalue weighted by atomic mass is 32.1. The third-order valence-corrected chi connectivity index (χ3v) is 8.83. The predicted molar refractivity (Wildman–Crippen MR) is 160 cm³/mol. The van der Waals surface area contributed by atoms with E-state index < -0.39 is 5.25 Å². The van der Waals surface area contributed by atoms with Crippen LogP contribution in [0.2, 0.25) is 0 Å². The molecule has 0 bridgehead atoms. The smallest absolute Gasteiger partial charge is 0.242 e. The van der Waals surface area contributed by atoms with Crippen molar-refractivity contribution in [2.75, 3.05) is 18.8 Å². The number of unbranched alkanes of at least 4 members (excludes halogenated alkanes) is 2.